The summed E-state index contributed by atoms with van der Waals surface area (Å²) in [5.74, 6) is 0. The highest BCUT2D eigenvalue weighted by molar-refractivity contribution is 4.98. The van der Waals surface area contributed by atoms with E-state index >= 15 is 0 Å². The second-order valence-electron chi connectivity index (χ2n) is 5.60. The number of hydrogen-bond donors (Lipinski definition) is 1. The number of imidazole rings is 1. The quantitative estimate of drug-likeness (QED) is 0.687. The predicted molar refractivity (Wildman–Crippen MR) is 74.5 cm³/mol. The molecule has 1 aromatic heterocycles. The molecular formula is C14H27N3O. The third-order valence-corrected chi connectivity index (χ3v) is 3.11. The summed E-state index contributed by atoms with van der Waals surface area (Å²) in [6.45, 7) is 10.5. The Morgan fingerprint density at radius 3 is 2.89 bits per heavy atom. The van der Waals surface area contributed by atoms with Crippen LogP contribution >= 0.6 is 0 Å². The molecule has 0 spiro atoms. The normalized spacial score (nSPS) is 12.0. The summed E-state index contributed by atoms with van der Waals surface area (Å²) in [6, 6.07) is 0. The van der Waals surface area contributed by atoms with Gasteiger partial charge in [-0.25, -0.2) is 4.98 Å². The standard InChI is InChI=1S/C14H27N3O/c1-5-7-15-9-13-10-16-12-17(13)11-14(2,3)6-8-18-4/h10,12,15H,5-9,11H2,1-4H3. The zero-order valence-corrected chi connectivity index (χ0v) is 12.2. The maximum absolute atomic E-state index is 5.17. The van der Waals surface area contributed by atoms with E-state index in [0.29, 0.717) is 0 Å². The summed E-state index contributed by atoms with van der Waals surface area (Å²) < 4.78 is 7.42. The van der Waals surface area contributed by atoms with Crippen molar-refractivity contribution in [1.82, 2.24) is 14.9 Å². The van der Waals surface area contributed by atoms with Crippen molar-refractivity contribution < 1.29 is 4.74 Å². The van der Waals surface area contributed by atoms with Crippen LogP contribution in [0.3, 0.4) is 0 Å². The second-order valence-corrected chi connectivity index (χ2v) is 5.60. The van der Waals surface area contributed by atoms with Crippen molar-refractivity contribution in [3.05, 3.63) is 18.2 Å². The highest BCUT2D eigenvalue weighted by Crippen LogP contribution is 2.23. The smallest absolute Gasteiger partial charge is 0.0948 e. The fourth-order valence-corrected chi connectivity index (χ4v) is 1.95. The molecule has 0 aliphatic carbocycles. The Hall–Kier alpha value is -0.870. The van der Waals surface area contributed by atoms with Gasteiger partial charge in [0.15, 0.2) is 0 Å². The van der Waals surface area contributed by atoms with Crippen molar-refractivity contribution in [2.24, 2.45) is 5.41 Å². The van der Waals surface area contributed by atoms with Gasteiger partial charge in [0.25, 0.3) is 0 Å². The van der Waals surface area contributed by atoms with Crippen LogP contribution in [-0.2, 0) is 17.8 Å². The number of ether oxygens (including phenoxy) is 1. The van der Waals surface area contributed by atoms with Gasteiger partial charge in [0, 0.05) is 33.0 Å². The van der Waals surface area contributed by atoms with Crippen molar-refractivity contribution in [3.8, 4) is 0 Å². The molecule has 0 aliphatic heterocycles. The number of nitrogens with zero attached hydrogens (tertiary/aromatic N) is 2. The fraction of sp³-hybridized carbons (Fsp3) is 0.786. The molecule has 0 atom stereocenters. The second kappa shape index (κ2) is 7.54. The van der Waals surface area contributed by atoms with E-state index in [1.54, 1.807) is 7.11 Å². The van der Waals surface area contributed by atoms with E-state index < -0.39 is 0 Å². The SMILES string of the molecule is CCCNCc1cncn1CC(C)(C)CCOC. The Morgan fingerprint density at radius 2 is 2.22 bits per heavy atom. The maximum atomic E-state index is 5.17. The van der Waals surface area contributed by atoms with Crippen molar-refractivity contribution in [2.45, 2.75) is 46.7 Å². The zero-order valence-electron chi connectivity index (χ0n) is 12.2. The topological polar surface area (TPSA) is 39.1 Å². The molecule has 4 nitrogen and oxygen atoms in total. The van der Waals surface area contributed by atoms with Crippen molar-refractivity contribution >= 4 is 0 Å². The van der Waals surface area contributed by atoms with E-state index in [2.05, 4.69) is 35.6 Å². The molecule has 1 rings (SSSR count). The molecule has 0 fully saturated rings. The number of hydrogen-bond acceptors (Lipinski definition) is 3. The largest absolute Gasteiger partial charge is 0.385 e. The van der Waals surface area contributed by atoms with Crippen LogP contribution in [0.15, 0.2) is 12.5 Å². The van der Waals surface area contributed by atoms with Crippen molar-refractivity contribution in [3.63, 3.8) is 0 Å². The molecule has 1 heterocycles. The van der Waals surface area contributed by atoms with Gasteiger partial charge < -0.3 is 14.6 Å². The molecular weight excluding hydrogens is 226 g/mol. The summed E-state index contributed by atoms with van der Waals surface area (Å²) in [6.07, 6.45) is 6.10. The highest BCUT2D eigenvalue weighted by atomic mass is 16.5. The predicted octanol–water partition coefficient (Wildman–Crippen LogP) is 2.45. The Bertz CT molecular complexity index is 334. The molecule has 0 aliphatic rings. The molecule has 0 bridgehead atoms. The first kappa shape index (κ1) is 15.2. The van der Waals surface area contributed by atoms with E-state index in [-0.39, 0.29) is 5.41 Å². The lowest BCUT2D eigenvalue weighted by Crippen LogP contribution is -2.24. The molecule has 104 valence electrons. The molecule has 0 amide bonds. The van der Waals surface area contributed by atoms with Gasteiger partial charge in [0.2, 0.25) is 0 Å². The lowest BCUT2D eigenvalue weighted by Gasteiger charge is -2.25. The summed E-state index contributed by atoms with van der Waals surface area (Å²) in [4.78, 5) is 4.26. The number of aromatic nitrogens is 2. The lowest BCUT2D eigenvalue weighted by atomic mass is 9.89. The van der Waals surface area contributed by atoms with Crippen LogP contribution in [0.2, 0.25) is 0 Å². The number of methoxy groups -OCH3 is 1. The summed E-state index contributed by atoms with van der Waals surface area (Å²) in [7, 11) is 1.76. The minimum atomic E-state index is 0.232. The van der Waals surface area contributed by atoms with Crippen LogP contribution in [0.1, 0.15) is 39.3 Å². The van der Waals surface area contributed by atoms with Gasteiger partial charge in [-0.2, -0.15) is 0 Å². The summed E-state index contributed by atoms with van der Waals surface area (Å²) in [5, 5.41) is 3.42. The van der Waals surface area contributed by atoms with Gasteiger partial charge in [0.1, 0.15) is 0 Å². The molecule has 4 heteroatoms. The van der Waals surface area contributed by atoms with Gasteiger partial charge in [-0.1, -0.05) is 20.8 Å². The third kappa shape index (κ3) is 5.19. The van der Waals surface area contributed by atoms with E-state index in [1.807, 2.05) is 12.5 Å². The van der Waals surface area contributed by atoms with E-state index in [1.165, 1.54) is 5.69 Å². The van der Waals surface area contributed by atoms with Gasteiger partial charge in [0.05, 0.1) is 12.0 Å². The third-order valence-electron chi connectivity index (χ3n) is 3.11. The van der Waals surface area contributed by atoms with Gasteiger partial charge in [-0.05, 0) is 24.8 Å². The van der Waals surface area contributed by atoms with E-state index in [0.717, 1.165) is 39.1 Å². The van der Waals surface area contributed by atoms with Crippen molar-refractivity contribution in [1.29, 1.82) is 0 Å². The monoisotopic (exact) mass is 253 g/mol. The van der Waals surface area contributed by atoms with Crippen LogP contribution in [0.25, 0.3) is 0 Å². The fourth-order valence-electron chi connectivity index (χ4n) is 1.95. The lowest BCUT2D eigenvalue weighted by molar-refractivity contribution is 0.142. The van der Waals surface area contributed by atoms with Gasteiger partial charge in [-0.15, -0.1) is 0 Å². The number of nitrogens with one attached hydrogen (secondary N) is 1. The Kier molecular flexibility index (Phi) is 6.36. The zero-order chi connectivity index (χ0) is 13.4. The Morgan fingerprint density at radius 1 is 1.44 bits per heavy atom. The first-order valence-corrected chi connectivity index (χ1v) is 6.77. The molecule has 0 saturated heterocycles. The highest BCUT2D eigenvalue weighted by Gasteiger charge is 2.19. The molecule has 0 radical (unpaired) electrons. The molecule has 0 saturated carbocycles. The molecule has 1 N–H and O–H groups in total. The Labute approximate surface area is 111 Å². The molecule has 1 aromatic rings. The van der Waals surface area contributed by atoms with Crippen LogP contribution in [-0.4, -0.2) is 29.8 Å². The van der Waals surface area contributed by atoms with Crippen LogP contribution in [0, 0.1) is 5.41 Å². The molecule has 0 aromatic carbocycles. The maximum Gasteiger partial charge on any atom is 0.0948 e. The average Bonchev–Trinajstić information content (AvgIpc) is 2.74. The summed E-state index contributed by atoms with van der Waals surface area (Å²) in [5.41, 5.74) is 1.49. The van der Waals surface area contributed by atoms with E-state index in [9.17, 15) is 0 Å². The minimum absolute atomic E-state index is 0.232. The first-order chi connectivity index (χ1) is 8.59. The Balaban J connectivity index is 2.53. The minimum Gasteiger partial charge on any atom is -0.385 e. The molecule has 18 heavy (non-hydrogen) atoms. The van der Waals surface area contributed by atoms with Gasteiger partial charge >= 0.3 is 0 Å². The van der Waals surface area contributed by atoms with Crippen LogP contribution in [0.5, 0.6) is 0 Å². The number of rotatable bonds is 9. The first-order valence-electron chi connectivity index (χ1n) is 6.77. The van der Waals surface area contributed by atoms with Crippen LogP contribution < -0.4 is 5.32 Å². The average molecular weight is 253 g/mol. The van der Waals surface area contributed by atoms with Gasteiger partial charge in [-0.3, -0.25) is 0 Å². The molecule has 0 unspecified atom stereocenters. The van der Waals surface area contributed by atoms with Crippen LogP contribution in [0.4, 0.5) is 0 Å². The van der Waals surface area contributed by atoms with Crippen molar-refractivity contribution in [2.75, 3.05) is 20.3 Å². The summed E-state index contributed by atoms with van der Waals surface area (Å²) >= 11 is 0. The van der Waals surface area contributed by atoms with E-state index in [4.69, 9.17) is 4.74 Å².